The first-order valence-corrected chi connectivity index (χ1v) is 5.87. The fourth-order valence-electron chi connectivity index (χ4n) is 2.47. The second kappa shape index (κ2) is 3.97. The highest BCUT2D eigenvalue weighted by molar-refractivity contribution is 5.35. The third kappa shape index (κ3) is 2.23. The average molecular weight is 203 g/mol. The maximum atomic E-state index is 3.33. The minimum absolute atomic E-state index is 0.575. The van der Waals surface area contributed by atoms with Gasteiger partial charge in [-0.2, -0.15) is 0 Å². The molecule has 0 atom stereocenters. The van der Waals surface area contributed by atoms with Gasteiger partial charge in [0.2, 0.25) is 0 Å². The van der Waals surface area contributed by atoms with Crippen LogP contribution in [0.1, 0.15) is 29.5 Å². The molecule has 15 heavy (non-hydrogen) atoms. The van der Waals surface area contributed by atoms with Crippen LogP contribution in [0.3, 0.4) is 0 Å². The number of rotatable bonds is 4. The maximum Gasteiger partial charge on any atom is 0.000800 e. The van der Waals surface area contributed by atoms with Crippen molar-refractivity contribution in [3.63, 3.8) is 0 Å². The Hall–Kier alpha value is -0.820. The SMILES string of the molecule is CNCC1(Cc2c(C)cccc2C)CC1. The molecule has 1 aromatic rings. The van der Waals surface area contributed by atoms with Crippen LogP contribution >= 0.6 is 0 Å². The molecule has 0 unspecified atom stereocenters. The lowest BCUT2D eigenvalue weighted by Gasteiger charge is -2.18. The van der Waals surface area contributed by atoms with Crippen LogP contribution < -0.4 is 5.32 Å². The van der Waals surface area contributed by atoms with E-state index in [1.54, 1.807) is 5.56 Å². The predicted octanol–water partition coefficient (Wildman–Crippen LogP) is 2.85. The summed E-state index contributed by atoms with van der Waals surface area (Å²) >= 11 is 0. The average Bonchev–Trinajstić information content (AvgIpc) is 2.93. The van der Waals surface area contributed by atoms with E-state index in [2.05, 4.69) is 44.4 Å². The zero-order valence-electron chi connectivity index (χ0n) is 10.1. The zero-order valence-corrected chi connectivity index (χ0v) is 10.1. The maximum absolute atomic E-state index is 3.33. The van der Waals surface area contributed by atoms with Crippen molar-refractivity contribution in [1.82, 2.24) is 5.32 Å². The van der Waals surface area contributed by atoms with Crippen molar-refractivity contribution in [2.75, 3.05) is 13.6 Å². The van der Waals surface area contributed by atoms with Gasteiger partial charge in [-0.25, -0.2) is 0 Å². The fraction of sp³-hybridized carbons (Fsp3) is 0.571. The van der Waals surface area contributed by atoms with E-state index in [9.17, 15) is 0 Å². The molecule has 0 heterocycles. The van der Waals surface area contributed by atoms with Crippen LogP contribution in [-0.4, -0.2) is 13.6 Å². The zero-order chi connectivity index (χ0) is 10.9. The van der Waals surface area contributed by atoms with E-state index in [-0.39, 0.29) is 0 Å². The van der Waals surface area contributed by atoms with Gasteiger partial charge >= 0.3 is 0 Å². The van der Waals surface area contributed by atoms with Crippen LogP contribution in [-0.2, 0) is 6.42 Å². The van der Waals surface area contributed by atoms with Gasteiger partial charge in [0, 0.05) is 6.54 Å². The number of benzene rings is 1. The standard InChI is InChI=1S/C14H21N/c1-11-5-4-6-12(2)13(11)9-14(7-8-14)10-15-3/h4-6,15H,7-10H2,1-3H3. The molecule has 2 rings (SSSR count). The Morgan fingerprint density at radius 1 is 1.20 bits per heavy atom. The number of nitrogens with one attached hydrogen (secondary N) is 1. The van der Waals surface area contributed by atoms with Gasteiger partial charge in [0.15, 0.2) is 0 Å². The molecule has 0 amide bonds. The molecule has 0 saturated heterocycles. The van der Waals surface area contributed by atoms with Gasteiger partial charge in [-0.3, -0.25) is 0 Å². The molecule has 1 fully saturated rings. The fourth-order valence-corrected chi connectivity index (χ4v) is 2.47. The van der Waals surface area contributed by atoms with Crippen LogP contribution in [0.5, 0.6) is 0 Å². The first-order chi connectivity index (χ1) is 7.17. The summed E-state index contributed by atoms with van der Waals surface area (Å²) in [6.07, 6.45) is 4.04. The van der Waals surface area contributed by atoms with E-state index in [0.717, 1.165) is 0 Å². The van der Waals surface area contributed by atoms with Crippen molar-refractivity contribution < 1.29 is 0 Å². The minimum Gasteiger partial charge on any atom is -0.319 e. The first-order valence-electron chi connectivity index (χ1n) is 5.87. The highest BCUT2D eigenvalue weighted by Gasteiger charge is 2.42. The topological polar surface area (TPSA) is 12.0 Å². The highest BCUT2D eigenvalue weighted by Crippen LogP contribution is 2.48. The second-order valence-corrected chi connectivity index (χ2v) is 5.08. The number of hydrogen-bond donors (Lipinski definition) is 1. The summed E-state index contributed by atoms with van der Waals surface area (Å²) in [6, 6.07) is 6.63. The van der Waals surface area contributed by atoms with Crippen LogP contribution in [0, 0.1) is 19.3 Å². The van der Waals surface area contributed by atoms with Crippen LogP contribution in [0.4, 0.5) is 0 Å². The van der Waals surface area contributed by atoms with E-state index in [4.69, 9.17) is 0 Å². The lowest BCUT2D eigenvalue weighted by molar-refractivity contribution is 0.476. The molecular weight excluding hydrogens is 182 g/mol. The van der Waals surface area contributed by atoms with E-state index < -0.39 is 0 Å². The molecule has 1 N–H and O–H groups in total. The smallest absolute Gasteiger partial charge is 0.000800 e. The van der Waals surface area contributed by atoms with Gasteiger partial charge in [0.1, 0.15) is 0 Å². The number of hydrogen-bond acceptors (Lipinski definition) is 1. The molecule has 1 heteroatoms. The van der Waals surface area contributed by atoms with Crippen LogP contribution in [0.15, 0.2) is 18.2 Å². The summed E-state index contributed by atoms with van der Waals surface area (Å²) < 4.78 is 0. The molecule has 0 aliphatic heterocycles. The monoisotopic (exact) mass is 203 g/mol. The summed E-state index contributed by atoms with van der Waals surface area (Å²) in [5.74, 6) is 0. The lowest BCUT2D eigenvalue weighted by Crippen LogP contribution is -2.22. The first kappa shape index (κ1) is 10.7. The van der Waals surface area contributed by atoms with Crippen LogP contribution in [0.2, 0.25) is 0 Å². The minimum atomic E-state index is 0.575. The molecule has 82 valence electrons. The second-order valence-electron chi connectivity index (χ2n) is 5.08. The Morgan fingerprint density at radius 2 is 1.80 bits per heavy atom. The van der Waals surface area contributed by atoms with Gasteiger partial charge in [-0.15, -0.1) is 0 Å². The Morgan fingerprint density at radius 3 is 2.27 bits per heavy atom. The van der Waals surface area contributed by atoms with Gasteiger partial charge in [-0.1, -0.05) is 18.2 Å². The lowest BCUT2D eigenvalue weighted by atomic mass is 9.90. The Kier molecular flexibility index (Phi) is 2.83. The quantitative estimate of drug-likeness (QED) is 0.793. The highest BCUT2D eigenvalue weighted by atomic mass is 14.8. The van der Waals surface area contributed by atoms with Gasteiger partial charge in [0.25, 0.3) is 0 Å². The van der Waals surface area contributed by atoms with E-state index in [1.165, 1.54) is 36.9 Å². The van der Waals surface area contributed by atoms with Crippen molar-refractivity contribution in [3.8, 4) is 0 Å². The molecule has 1 aliphatic carbocycles. The summed E-state index contributed by atoms with van der Waals surface area (Å²) in [7, 11) is 2.06. The van der Waals surface area contributed by atoms with E-state index in [0.29, 0.717) is 5.41 Å². The van der Waals surface area contributed by atoms with E-state index >= 15 is 0 Å². The predicted molar refractivity (Wildman–Crippen MR) is 65.2 cm³/mol. The third-order valence-electron chi connectivity index (χ3n) is 3.71. The van der Waals surface area contributed by atoms with Gasteiger partial charge in [-0.05, 0) is 62.3 Å². The molecule has 0 bridgehead atoms. The molecule has 0 radical (unpaired) electrons. The molecule has 1 aromatic carbocycles. The molecule has 0 aromatic heterocycles. The van der Waals surface area contributed by atoms with Crippen molar-refractivity contribution in [3.05, 3.63) is 34.9 Å². The van der Waals surface area contributed by atoms with Crippen molar-refractivity contribution in [1.29, 1.82) is 0 Å². The van der Waals surface area contributed by atoms with E-state index in [1.807, 2.05) is 0 Å². The largest absolute Gasteiger partial charge is 0.319 e. The summed E-state index contributed by atoms with van der Waals surface area (Å²) in [5.41, 5.74) is 5.06. The summed E-state index contributed by atoms with van der Waals surface area (Å²) in [6.45, 7) is 5.64. The van der Waals surface area contributed by atoms with Crippen LogP contribution in [0.25, 0.3) is 0 Å². The third-order valence-corrected chi connectivity index (χ3v) is 3.71. The van der Waals surface area contributed by atoms with Crippen molar-refractivity contribution in [2.45, 2.75) is 33.1 Å². The normalized spacial score (nSPS) is 17.8. The number of aryl methyl sites for hydroxylation is 2. The Balaban J connectivity index is 2.17. The molecule has 1 saturated carbocycles. The van der Waals surface area contributed by atoms with Gasteiger partial charge in [0.05, 0.1) is 0 Å². The Labute approximate surface area is 92.9 Å². The summed E-state index contributed by atoms with van der Waals surface area (Å²) in [5, 5.41) is 3.33. The summed E-state index contributed by atoms with van der Waals surface area (Å²) in [4.78, 5) is 0. The molecule has 1 nitrogen and oxygen atoms in total. The van der Waals surface area contributed by atoms with Gasteiger partial charge < -0.3 is 5.32 Å². The molecule has 1 aliphatic rings. The van der Waals surface area contributed by atoms with Crippen molar-refractivity contribution in [2.24, 2.45) is 5.41 Å². The van der Waals surface area contributed by atoms with Crippen molar-refractivity contribution >= 4 is 0 Å². The molecule has 0 spiro atoms. The molecular formula is C14H21N. The Bertz CT molecular complexity index is 330.